The second-order valence-electron chi connectivity index (χ2n) is 7.35. The smallest absolute Gasteiger partial charge is 0.227 e. The van der Waals surface area contributed by atoms with Crippen LogP contribution in [-0.4, -0.2) is 36.1 Å². The number of aromatic nitrogens is 1. The van der Waals surface area contributed by atoms with E-state index in [0.717, 1.165) is 38.1 Å². The maximum Gasteiger partial charge on any atom is 0.227 e. The highest BCUT2D eigenvalue weighted by Gasteiger charge is 2.26. The average Bonchev–Trinajstić information content (AvgIpc) is 3.02. The second-order valence-corrected chi connectivity index (χ2v) is 7.35. The van der Waals surface area contributed by atoms with Crippen molar-refractivity contribution in [2.45, 2.75) is 52.1 Å². The van der Waals surface area contributed by atoms with Crippen LogP contribution in [0.2, 0.25) is 0 Å². The van der Waals surface area contributed by atoms with E-state index < -0.39 is 0 Å². The first-order valence-electron chi connectivity index (χ1n) is 9.21. The molecule has 2 unspecified atom stereocenters. The van der Waals surface area contributed by atoms with E-state index in [1.165, 1.54) is 0 Å². The van der Waals surface area contributed by atoms with Crippen molar-refractivity contribution in [1.82, 2.24) is 4.98 Å². The van der Waals surface area contributed by atoms with Gasteiger partial charge in [-0.05, 0) is 43.2 Å². The zero-order valence-corrected chi connectivity index (χ0v) is 15.0. The lowest BCUT2D eigenvalue weighted by molar-refractivity contribution is -0.119. The number of hydrogen-bond donors (Lipinski definition) is 1. The van der Waals surface area contributed by atoms with Gasteiger partial charge in [0.1, 0.15) is 5.82 Å². The van der Waals surface area contributed by atoms with Gasteiger partial charge in [0.05, 0.1) is 18.0 Å². The molecule has 6 heteroatoms. The summed E-state index contributed by atoms with van der Waals surface area (Å²) >= 11 is 0. The molecule has 0 bridgehead atoms. The largest absolute Gasteiger partial charge is 0.378 e. The molecule has 3 rings (SSSR count). The molecule has 6 nitrogen and oxygen atoms in total. The van der Waals surface area contributed by atoms with Gasteiger partial charge >= 0.3 is 0 Å². The fourth-order valence-electron chi connectivity index (χ4n) is 3.55. The third kappa shape index (κ3) is 4.57. The summed E-state index contributed by atoms with van der Waals surface area (Å²) in [5, 5.41) is 2.87. The summed E-state index contributed by atoms with van der Waals surface area (Å²) in [6.07, 6.45) is 5.76. The summed E-state index contributed by atoms with van der Waals surface area (Å²) in [4.78, 5) is 30.1. The number of nitrogens with zero attached hydrogens (tertiary/aromatic N) is 2. The highest BCUT2D eigenvalue weighted by Crippen LogP contribution is 2.27. The fourth-order valence-corrected chi connectivity index (χ4v) is 3.55. The summed E-state index contributed by atoms with van der Waals surface area (Å²) < 4.78 is 5.76. The van der Waals surface area contributed by atoms with E-state index >= 15 is 0 Å². The quantitative estimate of drug-likeness (QED) is 0.890. The van der Waals surface area contributed by atoms with Gasteiger partial charge in [0.2, 0.25) is 11.8 Å². The molecule has 2 aliphatic heterocycles. The van der Waals surface area contributed by atoms with E-state index in [2.05, 4.69) is 24.1 Å². The van der Waals surface area contributed by atoms with Crippen LogP contribution in [0.4, 0.5) is 11.5 Å². The van der Waals surface area contributed by atoms with Gasteiger partial charge in [-0.1, -0.05) is 13.8 Å². The van der Waals surface area contributed by atoms with Crippen molar-refractivity contribution >= 4 is 23.3 Å². The molecule has 3 heterocycles. The molecule has 2 aliphatic rings. The summed E-state index contributed by atoms with van der Waals surface area (Å²) in [6, 6.07) is 3.61. The first-order valence-corrected chi connectivity index (χ1v) is 9.21. The molecule has 0 spiro atoms. The number of amides is 2. The molecule has 1 aromatic heterocycles. The van der Waals surface area contributed by atoms with Crippen LogP contribution < -0.4 is 10.2 Å². The zero-order chi connectivity index (χ0) is 17.8. The Morgan fingerprint density at radius 2 is 2.28 bits per heavy atom. The molecule has 2 atom stereocenters. The van der Waals surface area contributed by atoms with E-state index in [4.69, 9.17) is 4.74 Å². The lowest BCUT2D eigenvalue weighted by Crippen LogP contribution is -2.31. The summed E-state index contributed by atoms with van der Waals surface area (Å²) in [7, 11) is 0. The van der Waals surface area contributed by atoms with Crippen molar-refractivity contribution in [3.8, 4) is 0 Å². The highest BCUT2D eigenvalue weighted by atomic mass is 16.5. The number of rotatable bonds is 5. The molecule has 0 aromatic carbocycles. The lowest BCUT2D eigenvalue weighted by Gasteiger charge is -2.31. The Kier molecular flexibility index (Phi) is 5.68. The number of anilines is 2. The van der Waals surface area contributed by atoms with Crippen molar-refractivity contribution in [1.29, 1.82) is 0 Å². The minimum absolute atomic E-state index is 0.00750. The molecule has 0 saturated carbocycles. The molecular formula is C19H27N3O3. The Bertz CT molecular complexity index is 615. The molecule has 2 amide bonds. The molecule has 2 fully saturated rings. The topological polar surface area (TPSA) is 71.5 Å². The number of pyridine rings is 1. The van der Waals surface area contributed by atoms with E-state index in [1.54, 1.807) is 17.2 Å². The zero-order valence-electron chi connectivity index (χ0n) is 15.0. The normalized spacial score (nSPS) is 24.0. The van der Waals surface area contributed by atoms with Gasteiger partial charge in [-0.25, -0.2) is 4.98 Å². The van der Waals surface area contributed by atoms with Gasteiger partial charge < -0.3 is 15.0 Å². The van der Waals surface area contributed by atoms with Crippen LogP contribution in [0.25, 0.3) is 0 Å². The average molecular weight is 345 g/mol. The van der Waals surface area contributed by atoms with Crippen LogP contribution >= 0.6 is 0 Å². The molecule has 25 heavy (non-hydrogen) atoms. The van der Waals surface area contributed by atoms with Crippen molar-refractivity contribution in [2.75, 3.05) is 23.4 Å². The molecule has 0 radical (unpaired) electrons. The first-order chi connectivity index (χ1) is 12.0. The van der Waals surface area contributed by atoms with Crippen molar-refractivity contribution in [3.05, 3.63) is 18.3 Å². The van der Waals surface area contributed by atoms with Gasteiger partial charge in [-0.15, -0.1) is 0 Å². The number of hydrogen-bond acceptors (Lipinski definition) is 4. The SMILES string of the molecule is CC(C)C1CC(CC(=O)Nc2ccc(N3CCCC3=O)cn2)CCO1. The number of nitrogens with one attached hydrogen (secondary N) is 1. The predicted molar refractivity (Wildman–Crippen MR) is 96.4 cm³/mol. The van der Waals surface area contributed by atoms with Crippen LogP contribution in [-0.2, 0) is 14.3 Å². The first kappa shape index (κ1) is 17.9. The van der Waals surface area contributed by atoms with Gasteiger partial charge in [0.15, 0.2) is 0 Å². The maximum absolute atomic E-state index is 12.3. The Balaban J connectivity index is 1.51. The van der Waals surface area contributed by atoms with Gasteiger partial charge in [-0.3, -0.25) is 9.59 Å². The van der Waals surface area contributed by atoms with Crippen LogP contribution in [0.15, 0.2) is 18.3 Å². The van der Waals surface area contributed by atoms with E-state index in [0.29, 0.717) is 30.5 Å². The van der Waals surface area contributed by atoms with Gasteiger partial charge in [0, 0.05) is 26.0 Å². The van der Waals surface area contributed by atoms with Crippen molar-refractivity contribution in [3.63, 3.8) is 0 Å². The van der Waals surface area contributed by atoms with E-state index in [1.807, 2.05) is 6.07 Å². The third-order valence-corrected chi connectivity index (χ3v) is 5.04. The van der Waals surface area contributed by atoms with Crippen LogP contribution in [0.5, 0.6) is 0 Å². The minimum Gasteiger partial charge on any atom is -0.378 e. The Morgan fingerprint density at radius 3 is 2.92 bits per heavy atom. The summed E-state index contributed by atoms with van der Waals surface area (Å²) in [5.41, 5.74) is 0.796. The number of carbonyl (C=O) groups is 2. The Labute approximate surface area is 148 Å². The van der Waals surface area contributed by atoms with Crippen LogP contribution in [0, 0.1) is 11.8 Å². The van der Waals surface area contributed by atoms with Crippen LogP contribution in [0.3, 0.4) is 0 Å². The Hall–Kier alpha value is -1.95. The standard InChI is InChI=1S/C19H27N3O3/c1-13(2)16-10-14(7-9-25-16)11-18(23)21-17-6-5-15(12-20-17)22-8-3-4-19(22)24/h5-6,12-14,16H,3-4,7-11H2,1-2H3,(H,20,21,23). The van der Waals surface area contributed by atoms with Gasteiger partial charge in [-0.2, -0.15) is 0 Å². The van der Waals surface area contributed by atoms with E-state index in [9.17, 15) is 9.59 Å². The van der Waals surface area contributed by atoms with Gasteiger partial charge in [0.25, 0.3) is 0 Å². The summed E-state index contributed by atoms with van der Waals surface area (Å²) in [5.74, 6) is 1.51. The monoisotopic (exact) mass is 345 g/mol. The van der Waals surface area contributed by atoms with Crippen LogP contribution in [0.1, 0.15) is 46.0 Å². The molecular weight excluding hydrogens is 318 g/mol. The number of ether oxygens (including phenoxy) is 1. The number of carbonyl (C=O) groups excluding carboxylic acids is 2. The predicted octanol–water partition coefficient (Wildman–Crippen LogP) is 2.99. The summed E-state index contributed by atoms with van der Waals surface area (Å²) in [6.45, 7) is 5.79. The molecule has 2 saturated heterocycles. The third-order valence-electron chi connectivity index (χ3n) is 5.04. The lowest BCUT2D eigenvalue weighted by atomic mass is 9.88. The maximum atomic E-state index is 12.3. The van der Waals surface area contributed by atoms with E-state index in [-0.39, 0.29) is 17.9 Å². The fraction of sp³-hybridized carbons (Fsp3) is 0.632. The van der Waals surface area contributed by atoms with Crippen molar-refractivity contribution in [2.24, 2.45) is 11.8 Å². The second kappa shape index (κ2) is 7.95. The molecule has 1 aromatic rings. The highest BCUT2D eigenvalue weighted by molar-refractivity contribution is 5.95. The Morgan fingerprint density at radius 1 is 1.44 bits per heavy atom. The molecule has 136 valence electrons. The molecule has 1 N–H and O–H groups in total. The minimum atomic E-state index is -0.00750. The molecule has 0 aliphatic carbocycles. The van der Waals surface area contributed by atoms with Crippen molar-refractivity contribution < 1.29 is 14.3 Å².